The van der Waals surface area contributed by atoms with Gasteiger partial charge in [-0.15, -0.1) is 0 Å². The molecule has 10 nitrogen and oxygen atoms in total. The fourth-order valence-electron chi connectivity index (χ4n) is 3.51. The summed E-state index contributed by atoms with van der Waals surface area (Å²) in [6.07, 6.45) is 1.52. The van der Waals surface area contributed by atoms with E-state index in [2.05, 4.69) is 0 Å². The van der Waals surface area contributed by atoms with Crippen LogP contribution in [0.2, 0.25) is 0 Å². The largest absolute Gasteiger partial charge is 0.483 e. The number of nitrogens with two attached hydrogens (primary N) is 1. The van der Waals surface area contributed by atoms with Gasteiger partial charge in [0.1, 0.15) is 0 Å². The van der Waals surface area contributed by atoms with Gasteiger partial charge in [0.2, 0.25) is 15.9 Å². The first-order valence-corrected chi connectivity index (χ1v) is 10.7. The van der Waals surface area contributed by atoms with Crippen LogP contribution in [0.25, 0.3) is 0 Å². The number of likely N-dealkylation sites (tertiary alicyclic amines) is 2. The van der Waals surface area contributed by atoms with Gasteiger partial charge in [-0.2, -0.15) is 0 Å². The third-order valence-corrected chi connectivity index (χ3v) is 5.96. The van der Waals surface area contributed by atoms with Crippen LogP contribution < -0.4 is 5.14 Å². The smallest absolute Gasteiger partial charge is 0.290 e. The quantitative estimate of drug-likeness (QED) is 0.547. The van der Waals surface area contributed by atoms with E-state index in [1.54, 1.807) is 4.90 Å². The van der Waals surface area contributed by atoms with Gasteiger partial charge in [-0.05, 0) is 43.5 Å². The van der Waals surface area contributed by atoms with E-state index in [9.17, 15) is 23.1 Å². The maximum absolute atomic E-state index is 12.7. The lowest BCUT2D eigenvalue weighted by molar-refractivity contribution is -0.140. The highest BCUT2D eigenvalue weighted by Gasteiger charge is 2.38. The molecule has 2 aliphatic rings. The summed E-state index contributed by atoms with van der Waals surface area (Å²) in [5, 5.41) is 22.2. The van der Waals surface area contributed by atoms with Crippen LogP contribution in [0.15, 0.2) is 29.2 Å². The first-order valence-electron chi connectivity index (χ1n) is 9.16. The molecule has 0 unspecified atom stereocenters. The second-order valence-corrected chi connectivity index (χ2v) is 8.48. The summed E-state index contributed by atoms with van der Waals surface area (Å²) in [5.41, 5.74) is 0.321. The average molecular weight is 427 g/mol. The first kappa shape index (κ1) is 22.8. The van der Waals surface area contributed by atoms with Gasteiger partial charge in [-0.1, -0.05) is 0 Å². The number of hydrogen-bond acceptors (Lipinski definition) is 6. The summed E-state index contributed by atoms with van der Waals surface area (Å²) in [7, 11) is -3.82. The van der Waals surface area contributed by atoms with E-state index in [-0.39, 0.29) is 29.7 Å². The molecular formula is C18H25N3O7S. The lowest BCUT2D eigenvalue weighted by Gasteiger charge is -2.37. The van der Waals surface area contributed by atoms with Crippen molar-refractivity contribution in [1.82, 2.24) is 9.80 Å². The molecule has 11 heteroatoms. The van der Waals surface area contributed by atoms with Crippen LogP contribution in [0.5, 0.6) is 0 Å². The Morgan fingerprint density at radius 2 is 1.62 bits per heavy atom. The molecule has 0 saturated carbocycles. The summed E-state index contributed by atoms with van der Waals surface area (Å²) in [6.45, 7) is 1.66. The fourth-order valence-corrected chi connectivity index (χ4v) is 4.02. The molecule has 0 radical (unpaired) electrons. The number of aliphatic hydroxyl groups is 1. The fraction of sp³-hybridized carbons (Fsp3) is 0.500. The number of nitrogens with zero attached hydrogens (tertiary/aromatic N) is 2. The number of carboxylic acid groups (broad SMARTS) is 1. The summed E-state index contributed by atoms with van der Waals surface area (Å²) in [6, 6.07) is 5.39. The van der Waals surface area contributed by atoms with Gasteiger partial charge in [-0.3, -0.25) is 14.4 Å². The molecule has 0 aliphatic carbocycles. The number of carbonyl (C=O) groups is 3. The third kappa shape index (κ3) is 5.75. The molecule has 1 aromatic rings. The summed E-state index contributed by atoms with van der Waals surface area (Å²) in [5.74, 6) is -1.01. The van der Waals surface area contributed by atoms with Crippen LogP contribution in [-0.4, -0.2) is 79.0 Å². The monoisotopic (exact) mass is 427 g/mol. The van der Waals surface area contributed by atoms with Crippen LogP contribution in [-0.2, 0) is 19.6 Å². The van der Waals surface area contributed by atoms with Crippen molar-refractivity contribution in [3.05, 3.63) is 29.8 Å². The Bertz CT molecular complexity index is 836. The van der Waals surface area contributed by atoms with E-state index in [0.29, 0.717) is 31.6 Å². The molecule has 3 rings (SSSR count). The molecule has 2 fully saturated rings. The molecule has 1 aromatic carbocycles. The van der Waals surface area contributed by atoms with Gasteiger partial charge in [0.25, 0.3) is 12.4 Å². The lowest BCUT2D eigenvalue weighted by atomic mass is 9.92. The molecule has 2 amide bonds. The second kappa shape index (κ2) is 9.81. The molecule has 160 valence electrons. The van der Waals surface area contributed by atoms with Gasteiger partial charge in [0.15, 0.2) is 0 Å². The van der Waals surface area contributed by atoms with Gasteiger partial charge >= 0.3 is 0 Å². The minimum atomic E-state index is -3.82. The predicted octanol–water partition coefficient (Wildman–Crippen LogP) is -0.520. The van der Waals surface area contributed by atoms with Crippen molar-refractivity contribution in [3.63, 3.8) is 0 Å². The van der Waals surface area contributed by atoms with Crippen molar-refractivity contribution in [2.45, 2.75) is 30.3 Å². The molecule has 0 bridgehead atoms. The third-order valence-electron chi connectivity index (χ3n) is 5.03. The van der Waals surface area contributed by atoms with E-state index in [0.717, 1.165) is 12.8 Å². The van der Waals surface area contributed by atoms with Crippen LogP contribution in [0, 0.1) is 5.92 Å². The number of primary sulfonamides is 1. The van der Waals surface area contributed by atoms with Crippen molar-refractivity contribution < 1.29 is 33.0 Å². The molecule has 0 spiro atoms. The van der Waals surface area contributed by atoms with Crippen LogP contribution in [0.1, 0.15) is 29.6 Å². The van der Waals surface area contributed by atoms with Crippen LogP contribution in [0.4, 0.5) is 0 Å². The maximum Gasteiger partial charge on any atom is 0.290 e. The number of benzene rings is 1. The summed E-state index contributed by atoms with van der Waals surface area (Å²) < 4.78 is 22.6. The molecule has 2 atom stereocenters. The highest BCUT2D eigenvalue weighted by atomic mass is 32.2. The maximum atomic E-state index is 12.7. The number of piperidine rings is 1. The molecule has 29 heavy (non-hydrogen) atoms. The normalized spacial score (nSPS) is 21.9. The van der Waals surface area contributed by atoms with Crippen molar-refractivity contribution in [2.75, 3.05) is 26.2 Å². The molecule has 2 aliphatic heterocycles. The zero-order valence-electron chi connectivity index (χ0n) is 15.8. The minimum Gasteiger partial charge on any atom is -0.483 e. The van der Waals surface area contributed by atoms with Crippen molar-refractivity contribution in [1.29, 1.82) is 0 Å². The Labute approximate surface area is 168 Å². The van der Waals surface area contributed by atoms with E-state index < -0.39 is 22.0 Å². The Morgan fingerprint density at radius 3 is 2.14 bits per heavy atom. The first-order chi connectivity index (χ1) is 13.7. The van der Waals surface area contributed by atoms with Gasteiger partial charge < -0.3 is 20.0 Å². The highest BCUT2D eigenvalue weighted by molar-refractivity contribution is 7.89. The SMILES string of the molecule is NS(=O)(=O)c1ccc(C(=O)N2CC[C@@H](O)[C@@H](C(=O)N3CCCC3)C2)cc1.O=CO. The number of amides is 2. The number of aliphatic hydroxyl groups excluding tert-OH is 1. The Morgan fingerprint density at radius 1 is 1.07 bits per heavy atom. The van der Waals surface area contributed by atoms with E-state index in [1.165, 1.54) is 29.2 Å². The summed E-state index contributed by atoms with van der Waals surface area (Å²) in [4.78, 5) is 36.9. The van der Waals surface area contributed by atoms with E-state index >= 15 is 0 Å². The van der Waals surface area contributed by atoms with Gasteiger partial charge in [-0.25, -0.2) is 13.6 Å². The zero-order chi connectivity index (χ0) is 21.6. The summed E-state index contributed by atoms with van der Waals surface area (Å²) >= 11 is 0. The Kier molecular flexibility index (Phi) is 7.71. The second-order valence-electron chi connectivity index (χ2n) is 6.92. The van der Waals surface area contributed by atoms with Crippen molar-refractivity contribution in [3.8, 4) is 0 Å². The van der Waals surface area contributed by atoms with Crippen LogP contribution in [0.3, 0.4) is 0 Å². The molecule has 2 heterocycles. The van der Waals surface area contributed by atoms with Crippen LogP contribution >= 0.6 is 0 Å². The number of carbonyl (C=O) groups excluding carboxylic acids is 2. The predicted molar refractivity (Wildman–Crippen MR) is 102 cm³/mol. The topological polar surface area (TPSA) is 158 Å². The zero-order valence-corrected chi connectivity index (χ0v) is 16.6. The number of rotatable bonds is 3. The standard InChI is InChI=1S/C17H23N3O5S.CH2O2/c18-26(24,25)13-5-3-12(4-6-13)16(22)20-10-7-15(21)14(11-20)17(23)19-8-1-2-9-19;2-1-3/h3-6,14-15,21H,1-2,7-11H2,(H2,18,24,25);1H,(H,2,3)/t14-,15+;/m0./s1. The van der Waals surface area contributed by atoms with E-state index in [4.69, 9.17) is 15.0 Å². The molecule has 0 aromatic heterocycles. The van der Waals surface area contributed by atoms with Crippen molar-refractivity contribution in [2.24, 2.45) is 11.1 Å². The molecule has 4 N–H and O–H groups in total. The minimum absolute atomic E-state index is 0.0646. The van der Waals surface area contributed by atoms with Gasteiger partial charge in [0, 0.05) is 31.7 Å². The average Bonchev–Trinajstić information content (AvgIpc) is 3.22. The number of hydrogen-bond donors (Lipinski definition) is 3. The Hall–Kier alpha value is -2.50. The van der Waals surface area contributed by atoms with Gasteiger partial charge in [0.05, 0.1) is 16.9 Å². The van der Waals surface area contributed by atoms with E-state index in [1.807, 2.05) is 0 Å². The van der Waals surface area contributed by atoms with Crippen molar-refractivity contribution >= 4 is 28.3 Å². The highest BCUT2D eigenvalue weighted by Crippen LogP contribution is 2.23. The molecule has 2 saturated heterocycles. The Balaban J connectivity index is 0.000000941. The molecular weight excluding hydrogens is 402 g/mol. The lowest BCUT2D eigenvalue weighted by Crippen LogP contribution is -2.52. The number of sulfonamides is 1.